The molecule has 1 fully saturated rings. The molecular formula is C21H26N2O5. The average molecular weight is 386 g/mol. The summed E-state index contributed by atoms with van der Waals surface area (Å²) in [5.74, 6) is 10.2. The van der Waals surface area contributed by atoms with E-state index in [1.165, 1.54) is 4.90 Å². The van der Waals surface area contributed by atoms with E-state index < -0.39 is 18.2 Å². The SMILES string of the molecule is NOC(=O)CCCC#CCN1C(=O)OCC[C@@H]1/C=C/C(O)Cc1ccccc1. The van der Waals surface area contributed by atoms with E-state index in [1.54, 1.807) is 6.08 Å². The van der Waals surface area contributed by atoms with Crippen molar-refractivity contribution < 1.29 is 24.3 Å². The van der Waals surface area contributed by atoms with Crippen LogP contribution in [0.3, 0.4) is 0 Å². The molecule has 28 heavy (non-hydrogen) atoms. The second-order valence-corrected chi connectivity index (χ2v) is 6.44. The van der Waals surface area contributed by atoms with Crippen molar-refractivity contribution in [1.82, 2.24) is 4.90 Å². The van der Waals surface area contributed by atoms with Crippen molar-refractivity contribution in [2.45, 2.75) is 44.2 Å². The zero-order valence-corrected chi connectivity index (χ0v) is 15.8. The number of ether oxygens (including phenoxy) is 1. The van der Waals surface area contributed by atoms with Crippen LogP contribution < -0.4 is 5.90 Å². The van der Waals surface area contributed by atoms with Gasteiger partial charge in [0.1, 0.15) is 0 Å². The van der Waals surface area contributed by atoms with Gasteiger partial charge in [0.05, 0.1) is 25.3 Å². The van der Waals surface area contributed by atoms with Crippen LogP contribution in [0.2, 0.25) is 0 Å². The molecule has 0 saturated carbocycles. The predicted octanol–water partition coefficient (Wildman–Crippen LogP) is 1.95. The molecule has 1 aliphatic heterocycles. The summed E-state index contributed by atoms with van der Waals surface area (Å²) in [5, 5.41) is 10.2. The van der Waals surface area contributed by atoms with E-state index in [2.05, 4.69) is 16.7 Å². The fraction of sp³-hybridized carbons (Fsp3) is 0.429. The van der Waals surface area contributed by atoms with Gasteiger partial charge in [-0.25, -0.2) is 4.79 Å². The molecule has 7 heteroatoms. The van der Waals surface area contributed by atoms with Crippen molar-refractivity contribution in [2.24, 2.45) is 5.90 Å². The van der Waals surface area contributed by atoms with E-state index in [1.807, 2.05) is 36.4 Å². The Morgan fingerprint density at radius 3 is 2.93 bits per heavy atom. The number of nitrogens with zero attached hydrogens (tertiary/aromatic N) is 1. The Kier molecular flexibility index (Phi) is 9.05. The van der Waals surface area contributed by atoms with E-state index in [4.69, 9.17) is 10.6 Å². The number of nitrogens with two attached hydrogens (primary N) is 1. The minimum absolute atomic E-state index is 0.173. The Bertz CT molecular complexity index is 723. The van der Waals surface area contributed by atoms with Crippen LogP contribution in [0.15, 0.2) is 42.5 Å². The summed E-state index contributed by atoms with van der Waals surface area (Å²) in [6.45, 7) is 0.567. The second kappa shape index (κ2) is 11.8. The Morgan fingerprint density at radius 2 is 2.18 bits per heavy atom. The number of benzene rings is 1. The van der Waals surface area contributed by atoms with Gasteiger partial charge in [0.15, 0.2) is 0 Å². The fourth-order valence-electron chi connectivity index (χ4n) is 2.81. The number of unbranched alkanes of at least 4 members (excludes halogenated alkanes) is 1. The summed E-state index contributed by atoms with van der Waals surface area (Å²) in [6.07, 6.45) is 4.93. The standard InChI is InChI=1S/C21H26N2O5/c22-28-20(25)10-6-1-2-7-14-23-18(13-15-27-21(23)26)11-12-19(24)16-17-8-4-3-5-9-17/h3-5,8-9,11-12,18-19,24H,1,6,10,13-16,22H2/b12-11+/t18-,19?/m0/s1. The van der Waals surface area contributed by atoms with Crippen LogP contribution in [0, 0.1) is 11.8 Å². The smallest absolute Gasteiger partial charge is 0.411 e. The summed E-state index contributed by atoms with van der Waals surface area (Å²) < 4.78 is 5.10. The summed E-state index contributed by atoms with van der Waals surface area (Å²) >= 11 is 0. The third-order valence-electron chi connectivity index (χ3n) is 4.31. The summed E-state index contributed by atoms with van der Waals surface area (Å²) in [6, 6.07) is 9.55. The Labute approximate surface area is 165 Å². The van der Waals surface area contributed by atoms with E-state index in [0.717, 1.165) is 5.56 Å². The van der Waals surface area contributed by atoms with Crippen LogP contribution in [0.1, 0.15) is 31.2 Å². The minimum Gasteiger partial charge on any atom is -0.449 e. The molecule has 1 amide bonds. The number of amides is 1. The van der Waals surface area contributed by atoms with Gasteiger partial charge >= 0.3 is 12.1 Å². The van der Waals surface area contributed by atoms with E-state index in [0.29, 0.717) is 32.3 Å². The van der Waals surface area contributed by atoms with Gasteiger partial charge in [-0.1, -0.05) is 48.4 Å². The van der Waals surface area contributed by atoms with Gasteiger partial charge in [-0.05, 0) is 12.0 Å². The van der Waals surface area contributed by atoms with E-state index >= 15 is 0 Å². The summed E-state index contributed by atoms with van der Waals surface area (Å²) in [5.41, 5.74) is 1.05. The third-order valence-corrected chi connectivity index (χ3v) is 4.31. The molecule has 7 nitrogen and oxygen atoms in total. The lowest BCUT2D eigenvalue weighted by molar-refractivity contribution is -0.144. The highest BCUT2D eigenvalue weighted by Crippen LogP contribution is 2.15. The fourth-order valence-corrected chi connectivity index (χ4v) is 2.81. The molecule has 0 spiro atoms. The highest BCUT2D eigenvalue weighted by molar-refractivity contribution is 5.69. The molecule has 0 radical (unpaired) electrons. The van der Waals surface area contributed by atoms with Crippen LogP contribution in [0.5, 0.6) is 0 Å². The molecule has 1 heterocycles. The third kappa shape index (κ3) is 7.43. The van der Waals surface area contributed by atoms with Gasteiger partial charge in [-0.3, -0.25) is 9.69 Å². The topological polar surface area (TPSA) is 102 Å². The predicted molar refractivity (Wildman–Crippen MR) is 104 cm³/mol. The Balaban J connectivity index is 1.85. The first-order valence-electron chi connectivity index (χ1n) is 9.29. The number of cyclic esters (lactones) is 1. The first kappa shape index (κ1) is 21.5. The highest BCUT2D eigenvalue weighted by Gasteiger charge is 2.27. The van der Waals surface area contributed by atoms with Crippen LogP contribution in [-0.2, 0) is 20.8 Å². The Hall–Kier alpha value is -2.82. The zero-order chi connectivity index (χ0) is 20.2. The number of hydrogen-bond acceptors (Lipinski definition) is 6. The van der Waals surface area contributed by atoms with Gasteiger partial charge in [-0.15, -0.1) is 5.92 Å². The quantitative estimate of drug-likeness (QED) is 0.306. The molecule has 1 aromatic carbocycles. The van der Waals surface area contributed by atoms with Gasteiger partial charge in [0.25, 0.3) is 0 Å². The summed E-state index contributed by atoms with van der Waals surface area (Å²) in [7, 11) is 0. The first-order chi connectivity index (χ1) is 13.6. The lowest BCUT2D eigenvalue weighted by Gasteiger charge is -2.31. The molecule has 2 atom stereocenters. The number of aliphatic hydroxyl groups excluding tert-OH is 1. The molecule has 1 unspecified atom stereocenters. The molecule has 1 saturated heterocycles. The lowest BCUT2D eigenvalue weighted by Crippen LogP contribution is -2.44. The lowest BCUT2D eigenvalue weighted by atomic mass is 10.1. The maximum Gasteiger partial charge on any atom is 0.411 e. The molecule has 0 aliphatic carbocycles. The molecule has 1 aliphatic rings. The zero-order valence-electron chi connectivity index (χ0n) is 15.8. The number of aliphatic hydroxyl groups is 1. The maximum absolute atomic E-state index is 12.1. The first-order valence-corrected chi connectivity index (χ1v) is 9.29. The van der Waals surface area contributed by atoms with Gasteiger partial charge in [-0.2, -0.15) is 5.90 Å². The highest BCUT2D eigenvalue weighted by atomic mass is 16.7. The number of rotatable bonds is 8. The van der Waals surface area contributed by atoms with Crippen molar-refractivity contribution >= 4 is 12.1 Å². The van der Waals surface area contributed by atoms with Crippen molar-refractivity contribution in [1.29, 1.82) is 0 Å². The van der Waals surface area contributed by atoms with E-state index in [-0.39, 0.29) is 19.0 Å². The Morgan fingerprint density at radius 1 is 1.39 bits per heavy atom. The molecule has 1 aromatic rings. The number of hydrogen-bond donors (Lipinski definition) is 2. The van der Waals surface area contributed by atoms with Gasteiger partial charge < -0.3 is 14.7 Å². The number of carbonyl (C=O) groups excluding carboxylic acids is 2. The van der Waals surface area contributed by atoms with Crippen LogP contribution >= 0.6 is 0 Å². The average Bonchev–Trinajstić information content (AvgIpc) is 2.70. The molecule has 2 rings (SSSR count). The molecule has 150 valence electrons. The number of carbonyl (C=O) groups is 2. The van der Waals surface area contributed by atoms with Gasteiger partial charge in [0, 0.05) is 25.7 Å². The maximum atomic E-state index is 12.1. The van der Waals surface area contributed by atoms with Crippen molar-refractivity contribution in [2.75, 3.05) is 13.2 Å². The van der Waals surface area contributed by atoms with E-state index in [9.17, 15) is 14.7 Å². The van der Waals surface area contributed by atoms with Crippen LogP contribution in [0.25, 0.3) is 0 Å². The van der Waals surface area contributed by atoms with Crippen molar-refractivity contribution in [3.05, 3.63) is 48.0 Å². The monoisotopic (exact) mass is 386 g/mol. The van der Waals surface area contributed by atoms with Crippen LogP contribution in [0.4, 0.5) is 4.79 Å². The second-order valence-electron chi connectivity index (χ2n) is 6.44. The normalized spacial score (nSPS) is 17.6. The minimum atomic E-state index is -0.629. The molecular weight excluding hydrogens is 360 g/mol. The largest absolute Gasteiger partial charge is 0.449 e. The molecule has 0 bridgehead atoms. The molecule has 3 N–H and O–H groups in total. The molecule has 0 aromatic heterocycles. The van der Waals surface area contributed by atoms with Crippen molar-refractivity contribution in [3.8, 4) is 11.8 Å². The summed E-state index contributed by atoms with van der Waals surface area (Å²) in [4.78, 5) is 28.6. The van der Waals surface area contributed by atoms with Gasteiger partial charge in [0.2, 0.25) is 0 Å². The van der Waals surface area contributed by atoms with Crippen LogP contribution in [-0.4, -0.2) is 47.4 Å². The van der Waals surface area contributed by atoms with Crippen molar-refractivity contribution in [3.63, 3.8) is 0 Å².